The average Bonchev–Trinajstić information content (AvgIpc) is 2.93. The first kappa shape index (κ1) is 17.3. The maximum atomic E-state index is 12.6. The van der Waals surface area contributed by atoms with Crippen molar-refractivity contribution in [1.82, 2.24) is 5.16 Å². The molecule has 1 amide bonds. The first-order chi connectivity index (χ1) is 11.3. The largest absolute Gasteiger partial charge is 0.360 e. The molecule has 128 valence electrons. The molecule has 6 heteroatoms. The first-order valence-electron chi connectivity index (χ1n) is 7.99. The Morgan fingerprint density at radius 3 is 2.79 bits per heavy atom. The van der Waals surface area contributed by atoms with Crippen LogP contribution in [0.25, 0.3) is 0 Å². The Bertz CT molecular complexity index is 778. The highest BCUT2D eigenvalue weighted by molar-refractivity contribution is 6.35. The fraction of sp³-hybridized carbons (Fsp3) is 0.444. The maximum absolute atomic E-state index is 12.6. The number of anilines is 1. The number of rotatable bonds is 2. The molecule has 24 heavy (non-hydrogen) atoms. The van der Waals surface area contributed by atoms with E-state index < -0.39 is 0 Å². The molecule has 1 heterocycles. The smallest absolute Gasteiger partial charge is 0.278 e. The van der Waals surface area contributed by atoms with Crippen LogP contribution >= 0.6 is 23.2 Å². The van der Waals surface area contributed by atoms with Crippen molar-refractivity contribution in [2.45, 2.75) is 40.0 Å². The minimum absolute atomic E-state index is 0.180. The van der Waals surface area contributed by atoms with Gasteiger partial charge >= 0.3 is 0 Å². The molecule has 1 unspecified atom stereocenters. The summed E-state index contributed by atoms with van der Waals surface area (Å²) in [7, 11) is 0. The minimum atomic E-state index is -0.321. The lowest BCUT2D eigenvalue weighted by Gasteiger charge is -2.33. The molecule has 0 spiro atoms. The van der Waals surface area contributed by atoms with Crippen LogP contribution in [0.5, 0.6) is 0 Å². The van der Waals surface area contributed by atoms with E-state index in [0.717, 1.165) is 30.6 Å². The molecule has 0 bridgehead atoms. The molecule has 0 saturated heterocycles. The number of halogens is 2. The lowest BCUT2D eigenvalue weighted by atomic mass is 9.71. The number of carbonyl (C=O) groups excluding carboxylic acids is 1. The number of hydrogen-bond acceptors (Lipinski definition) is 3. The van der Waals surface area contributed by atoms with E-state index in [1.165, 1.54) is 0 Å². The third-order valence-electron chi connectivity index (χ3n) is 4.66. The molecular formula is C18H20Cl2N2O2. The van der Waals surface area contributed by atoms with Gasteiger partial charge < -0.3 is 9.84 Å². The van der Waals surface area contributed by atoms with E-state index in [4.69, 9.17) is 27.7 Å². The van der Waals surface area contributed by atoms with Crippen molar-refractivity contribution in [3.8, 4) is 0 Å². The standard InChI is InChI=1S/C18H20Cl2N2O2/c1-18(2,3)10-4-7-15-12(8-10)16(22-24-15)17(23)21-14-9-11(19)5-6-13(14)20/h5-6,9-10H,4,7-8H2,1-3H3,(H,21,23). The summed E-state index contributed by atoms with van der Waals surface area (Å²) in [6.07, 6.45) is 2.66. The Hall–Kier alpha value is -1.52. The van der Waals surface area contributed by atoms with E-state index >= 15 is 0 Å². The second-order valence-electron chi connectivity index (χ2n) is 7.32. The van der Waals surface area contributed by atoms with Crippen LogP contribution in [-0.2, 0) is 12.8 Å². The monoisotopic (exact) mass is 366 g/mol. The Morgan fingerprint density at radius 2 is 2.08 bits per heavy atom. The molecule has 1 aliphatic rings. The fourth-order valence-electron chi connectivity index (χ4n) is 3.10. The molecule has 4 nitrogen and oxygen atoms in total. The van der Waals surface area contributed by atoms with Crippen LogP contribution < -0.4 is 5.32 Å². The molecule has 1 atom stereocenters. The predicted molar refractivity (Wildman–Crippen MR) is 95.9 cm³/mol. The van der Waals surface area contributed by atoms with Gasteiger partial charge in [-0.05, 0) is 42.4 Å². The molecular weight excluding hydrogens is 347 g/mol. The van der Waals surface area contributed by atoms with E-state index in [-0.39, 0.29) is 11.3 Å². The van der Waals surface area contributed by atoms with Crippen molar-refractivity contribution in [3.63, 3.8) is 0 Å². The summed E-state index contributed by atoms with van der Waals surface area (Å²) < 4.78 is 5.39. The third-order valence-corrected chi connectivity index (χ3v) is 5.22. The zero-order chi connectivity index (χ0) is 17.5. The van der Waals surface area contributed by atoms with Gasteiger partial charge in [0.2, 0.25) is 0 Å². The number of nitrogens with zero attached hydrogens (tertiary/aromatic N) is 1. The zero-order valence-electron chi connectivity index (χ0n) is 14.0. The van der Waals surface area contributed by atoms with Crippen LogP contribution in [0.15, 0.2) is 22.7 Å². The van der Waals surface area contributed by atoms with Crippen molar-refractivity contribution in [2.24, 2.45) is 11.3 Å². The second-order valence-corrected chi connectivity index (χ2v) is 8.16. The number of hydrogen-bond donors (Lipinski definition) is 1. The lowest BCUT2D eigenvalue weighted by molar-refractivity contribution is 0.101. The molecule has 1 aliphatic carbocycles. The SMILES string of the molecule is CC(C)(C)C1CCc2onc(C(=O)Nc3cc(Cl)ccc3Cl)c2C1. The third kappa shape index (κ3) is 3.45. The molecule has 0 fully saturated rings. The van der Waals surface area contributed by atoms with Gasteiger partial charge in [-0.2, -0.15) is 0 Å². The van der Waals surface area contributed by atoms with Gasteiger partial charge in [0, 0.05) is 17.0 Å². The Kier molecular flexibility index (Phi) is 4.63. The number of aromatic nitrogens is 1. The second kappa shape index (κ2) is 6.41. The summed E-state index contributed by atoms with van der Waals surface area (Å²) in [5.41, 5.74) is 1.90. The predicted octanol–water partition coefficient (Wildman–Crippen LogP) is 5.38. The molecule has 1 aromatic heterocycles. The summed E-state index contributed by atoms with van der Waals surface area (Å²) in [5, 5.41) is 7.71. The van der Waals surface area contributed by atoms with E-state index in [1.54, 1.807) is 18.2 Å². The quantitative estimate of drug-likeness (QED) is 0.775. The topological polar surface area (TPSA) is 55.1 Å². The van der Waals surface area contributed by atoms with Gasteiger partial charge in [-0.25, -0.2) is 0 Å². The number of amides is 1. The average molecular weight is 367 g/mol. The van der Waals surface area contributed by atoms with Crippen LogP contribution in [0.4, 0.5) is 5.69 Å². The number of fused-ring (bicyclic) bond motifs is 1. The van der Waals surface area contributed by atoms with Crippen LogP contribution in [-0.4, -0.2) is 11.1 Å². The van der Waals surface area contributed by atoms with Crippen molar-refractivity contribution < 1.29 is 9.32 Å². The van der Waals surface area contributed by atoms with E-state index in [0.29, 0.717) is 27.3 Å². The molecule has 1 N–H and O–H groups in total. The van der Waals surface area contributed by atoms with Crippen LogP contribution in [0, 0.1) is 11.3 Å². The highest BCUT2D eigenvalue weighted by atomic mass is 35.5. The van der Waals surface area contributed by atoms with Crippen LogP contribution in [0.3, 0.4) is 0 Å². The highest BCUT2D eigenvalue weighted by Crippen LogP contribution is 2.38. The van der Waals surface area contributed by atoms with Gasteiger partial charge in [0.05, 0.1) is 10.7 Å². The van der Waals surface area contributed by atoms with Gasteiger partial charge in [0.15, 0.2) is 5.69 Å². The zero-order valence-corrected chi connectivity index (χ0v) is 15.5. The van der Waals surface area contributed by atoms with Gasteiger partial charge in [-0.15, -0.1) is 0 Å². The Labute approximate surface area is 151 Å². The van der Waals surface area contributed by atoms with Crippen LogP contribution in [0.2, 0.25) is 10.0 Å². The molecule has 0 radical (unpaired) electrons. The summed E-state index contributed by atoms with van der Waals surface area (Å²) in [6.45, 7) is 6.67. The van der Waals surface area contributed by atoms with Crippen molar-refractivity contribution >= 4 is 34.8 Å². The molecule has 0 aliphatic heterocycles. The fourth-order valence-corrected chi connectivity index (χ4v) is 3.43. The summed E-state index contributed by atoms with van der Waals surface area (Å²) in [5.74, 6) is 0.988. The maximum Gasteiger partial charge on any atom is 0.278 e. The number of benzene rings is 1. The first-order valence-corrected chi connectivity index (χ1v) is 8.75. The number of nitrogens with one attached hydrogen (secondary N) is 1. The van der Waals surface area contributed by atoms with E-state index in [1.807, 2.05) is 0 Å². The normalized spacial score (nSPS) is 17.5. The Morgan fingerprint density at radius 1 is 1.33 bits per heavy atom. The summed E-state index contributed by atoms with van der Waals surface area (Å²) in [6, 6.07) is 4.94. The number of aryl methyl sites for hydroxylation is 1. The highest BCUT2D eigenvalue weighted by Gasteiger charge is 2.34. The van der Waals surface area contributed by atoms with Gasteiger partial charge in [-0.3, -0.25) is 4.79 Å². The molecule has 1 aromatic carbocycles. The number of carbonyl (C=O) groups is 1. The molecule has 2 aromatic rings. The van der Waals surface area contributed by atoms with Gasteiger partial charge in [-0.1, -0.05) is 49.1 Å². The van der Waals surface area contributed by atoms with E-state index in [9.17, 15) is 4.79 Å². The van der Waals surface area contributed by atoms with Crippen molar-refractivity contribution in [3.05, 3.63) is 45.3 Å². The minimum Gasteiger partial charge on any atom is -0.360 e. The molecule has 3 rings (SSSR count). The summed E-state index contributed by atoms with van der Waals surface area (Å²) >= 11 is 12.1. The van der Waals surface area contributed by atoms with Crippen LogP contribution in [0.1, 0.15) is 49.0 Å². The Balaban J connectivity index is 1.85. The van der Waals surface area contributed by atoms with Gasteiger partial charge in [0.25, 0.3) is 5.91 Å². The lowest BCUT2D eigenvalue weighted by Crippen LogP contribution is -2.27. The van der Waals surface area contributed by atoms with E-state index in [2.05, 4.69) is 31.2 Å². The van der Waals surface area contributed by atoms with Crippen molar-refractivity contribution in [2.75, 3.05) is 5.32 Å². The summed E-state index contributed by atoms with van der Waals surface area (Å²) in [4.78, 5) is 12.6. The van der Waals surface area contributed by atoms with Crippen molar-refractivity contribution in [1.29, 1.82) is 0 Å². The van der Waals surface area contributed by atoms with Gasteiger partial charge in [0.1, 0.15) is 5.76 Å². The molecule has 0 saturated carbocycles.